The summed E-state index contributed by atoms with van der Waals surface area (Å²) in [6.07, 6.45) is 4.60. The van der Waals surface area contributed by atoms with E-state index in [9.17, 15) is 9.18 Å². The first kappa shape index (κ1) is 27.1. The minimum Gasteiger partial charge on any atom is -0.496 e. The molecule has 1 saturated heterocycles. The SMILES string of the molecule is CC/C(C)=C/c1[nH]nc(C(=O)Nc2ccc(N3CCN(C)CC3)cc2)c1/C=C(\C)c1c(F)cccc1OC. The van der Waals surface area contributed by atoms with Crippen LogP contribution in [-0.2, 0) is 0 Å². The van der Waals surface area contributed by atoms with Gasteiger partial charge in [-0.3, -0.25) is 9.89 Å². The van der Waals surface area contributed by atoms with Crippen molar-refractivity contribution in [1.29, 1.82) is 0 Å². The highest BCUT2D eigenvalue weighted by molar-refractivity contribution is 6.07. The van der Waals surface area contributed by atoms with E-state index in [1.165, 1.54) is 13.2 Å². The first-order valence-corrected chi connectivity index (χ1v) is 12.9. The molecule has 8 heteroatoms. The van der Waals surface area contributed by atoms with E-state index in [1.807, 2.05) is 37.3 Å². The number of amides is 1. The second kappa shape index (κ2) is 12.1. The number of carbonyl (C=O) groups is 1. The fourth-order valence-corrected chi connectivity index (χ4v) is 4.50. The lowest BCUT2D eigenvalue weighted by Gasteiger charge is -2.34. The van der Waals surface area contributed by atoms with E-state index in [4.69, 9.17) is 4.74 Å². The number of hydrogen-bond acceptors (Lipinski definition) is 5. The third kappa shape index (κ3) is 6.14. The molecule has 1 aliphatic rings. The number of piperazine rings is 1. The molecule has 1 fully saturated rings. The van der Waals surface area contributed by atoms with Gasteiger partial charge < -0.3 is 19.9 Å². The second-order valence-electron chi connectivity index (χ2n) is 9.68. The number of nitrogens with one attached hydrogen (secondary N) is 2. The number of hydrogen-bond donors (Lipinski definition) is 2. The van der Waals surface area contributed by atoms with Gasteiger partial charge in [-0.05, 0) is 81.4 Å². The van der Waals surface area contributed by atoms with Gasteiger partial charge >= 0.3 is 0 Å². The molecule has 0 atom stereocenters. The number of nitrogens with zero attached hydrogens (tertiary/aromatic N) is 3. The number of benzene rings is 2. The zero-order valence-electron chi connectivity index (χ0n) is 22.8. The quantitative estimate of drug-likeness (QED) is 0.387. The van der Waals surface area contributed by atoms with Gasteiger partial charge in [-0.1, -0.05) is 18.6 Å². The van der Waals surface area contributed by atoms with Gasteiger partial charge in [0.25, 0.3) is 5.91 Å². The van der Waals surface area contributed by atoms with Gasteiger partial charge in [-0.25, -0.2) is 4.39 Å². The molecule has 0 unspecified atom stereocenters. The highest BCUT2D eigenvalue weighted by Crippen LogP contribution is 2.31. The normalized spacial score (nSPS) is 15.1. The molecule has 0 radical (unpaired) electrons. The van der Waals surface area contributed by atoms with Crippen LogP contribution in [0.3, 0.4) is 0 Å². The zero-order valence-corrected chi connectivity index (χ0v) is 22.8. The van der Waals surface area contributed by atoms with Crippen LogP contribution in [0, 0.1) is 5.82 Å². The number of aromatic amines is 1. The smallest absolute Gasteiger partial charge is 0.276 e. The lowest BCUT2D eigenvalue weighted by molar-refractivity contribution is 0.102. The molecule has 2 aromatic carbocycles. The number of aromatic nitrogens is 2. The van der Waals surface area contributed by atoms with Crippen LogP contribution in [0.25, 0.3) is 17.7 Å². The summed E-state index contributed by atoms with van der Waals surface area (Å²) >= 11 is 0. The highest BCUT2D eigenvalue weighted by Gasteiger charge is 2.20. The molecule has 2 N–H and O–H groups in total. The number of likely N-dealkylation sites (N-methyl/N-ethyl adjacent to an activating group) is 1. The maximum absolute atomic E-state index is 14.8. The molecule has 0 aliphatic carbocycles. The average Bonchev–Trinajstić information content (AvgIpc) is 3.30. The van der Waals surface area contributed by atoms with Crippen LogP contribution in [0.5, 0.6) is 5.75 Å². The first-order valence-electron chi connectivity index (χ1n) is 12.9. The molecular formula is C30H36FN5O2. The van der Waals surface area contributed by atoms with Gasteiger partial charge in [0.1, 0.15) is 11.6 Å². The molecule has 2 heterocycles. The minimum absolute atomic E-state index is 0.234. The van der Waals surface area contributed by atoms with Crippen molar-refractivity contribution in [3.05, 3.63) is 76.4 Å². The molecular weight excluding hydrogens is 481 g/mol. The molecule has 7 nitrogen and oxygen atoms in total. The number of anilines is 2. The van der Waals surface area contributed by atoms with E-state index in [-0.39, 0.29) is 11.6 Å². The Labute approximate surface area is 224 Å². The second-order valence-corrected chi connectivity index (χ2v) is 9.68. The molecule has 0 bridgehead atoms. The van der Waals surface area contributed by atoms with Gasteiger partial charge in [0, 0.05) is 43.1 Å². The number of allylic oxidation sites excluding steroid dienone is 2. The molecule has 3 aromatic rings. The maximum atomic E-state index is 14.8. The van der Waals surface area contributed by atoms with E-state index in [1.54, 1.807) is 25.1 Å². The Bertz CT molecular complexity index is 1340. The highest BCUT2D eigenvalue weighted by atomic mass is 19.1. The van der Waals surface area contributed by atoms with Crippen LogP contribution < -0.4 is 15.0 Å². The number of halogens is 1. The fourth-order valence-electron chi connectivity index (χ4n) is 4.50. The van der Waals surface area contributed by atoms with Crippen molar-refractivity contribution in [2.45, 2.75) is 27.2 Å². The Balaban J connectivity index is 1.63. The predicted molar refractivity (Wildman–Crippen MR) is 153 cm³/mol. The van der Waals surface area contributed by atoms with Gasteiger partial charge in [-0.15, -0.1) is 0 Å². The summed E-state index contributed by atoms with van der Waals surface area (Å²) < 4.78 is 20.2. The van der Waals surface area contributed by atoms with Crippen LogP contribution in [0.1, 0.15) is 54.5 Å². The Kier molecular flexibility index (Phi) is 8.63. The number of H-pyrrole nitrogens is 1. The van der Waals surface area contributed by atoms with E-state index >= 15 is 0 Å². The van der Waals surface area contributed by atoms with E-state index < -0.39 is 5.82 Å². The van der Waals surface area contributed by atoms with Gasteiger partial charge in [-0.2, -0.15) is 5.10 Å². The summed E-state index contributed by atoms with van der Waals surface area (Å²) in [5.74, 6) is -0.313. The summed E-state index contributed by atoms with van der Waals surface area (Å²) in [5, 5.41) is 10.3. The topological polar surface area (TPSA) is 73.5 Å². The van der Waals surface area contributed by atoms with Crippen LogP contribution in [0.4, 0.5) is 15.8 Å². The Hall–Kier alpha value is -3.91. The standard InChI is InChI=1S/C30H36FN5O2/c1-6-20(2)18-26-24(19-21(3)28-25(31)8-7-9-27(28)38-5)29(34-33-26)30(37)32-22-10-12-23(13-11-22)36-16-14-35(4)15-17-36/h7-13,18-19H,6,14-17H2,1-5H3,(H,32,37)(H,33,34)/b20-18+,21-19+. The Morgan fingerprint density at radius 2 is 1.82 bits per heavy atom. The zero-order chi connectivity index (χ0) is 27.2. The summed E-state index contributed by atoms with van der Waals surface area (Å²) in [7, 11) is 3.64. The van der Waals surface area contributed by atoms with Crippen molar-refractivity contribution in [2.75, 3.05) is 50.6 Å². The Morgan fingerprint density at radius 1 is 1.11 bits per heavy atom. The lowest BCUT2D eigenvalue weighted by Crippen LogP contribution is -2.44. The van der Waals surface area contributed by atoms with Crippen molar-refractivity contribution in [3.63, 3.8) is 0 Å². The van der Waals surface area contributed by atoms with Gasteiger partial charge in [0.15, 0.2) is 5.69 Å². The Morgan fingerprint density at radius 3 is 2.47 bits per heavy atom. The molecule has 38 heavy (non-hydrogen) atoms. The monoisotopic (exact) mass is 517 g/mol. The van der Waals surface area contributed by atoms with Crippen molar-refractivity contribution in [1.82, 2.24) is 15.1 Å². The average molecular weight is 518 g/mol. The molecule has 4 rings (SSSR count). The number of ether oxygens (including phenoxy) is 1. The van der Waals surface area contributed by atoms with Crippen LogP contribution in [0.15, 0.2) is 48.0 Å². The first-order chi connectivity index (χ1) is 18.3. The molecule has 1 aliphatic heterocycles. The molecule has 1 aromatic heterocycles. The molecule has 200 valence electrons. The molecule has 0 spiro atoms. The van der Waals surface area contributed by atoms with E-state index in [0.29, 0.717) is 33.8 Å². The number of carbonyl (C=O) groups excluding carboxylic acids is 1. The predicted octanol–water partition coefficient (Wildman–Crippen LogP) is 5.94. The summed E-state index contributed by atoms with van der Waals surface area (Å²) in [6, 6.07) is 12.6. The summed E-state index contributed by atoms with van der Waals surface area (Å²) in [4.78, 5) is 18.0. The van der Waals surface area contributed by atoms with Gasteiger partial charge in [0.2, 0.25) is 0 Å². The lowest BCUT2D eigenvalue weighted by atomic mass is 10.0. The minimum atomic E-state index is -0.394. The van der Waals surface area contributed by atoms with Crippen molar-refractivity contribution in [3.8, 4) is 5.75 Å². The summed E-state index contributed by atoms with van der Waals surface area (Å²) in [6.45, 7) is 9.89. The third-order valence-corrected chi connectivity index (χ3v) is 6.94. The largest absolute Gasteiger partial charge is 0.496 e. The van der Waals surface area contributed by atoms with Crippen molar-refractivity contribution >= 4 is 35.0 Å². The molecule has 0 saturated carbocycles. The van der Waals surface area contributed by atoms with Crippen molar-refractivity contribution in [2.24, 2.45) is 0 Å². The maximum Gasteiger partial charge on any atom is 0.276 e. The third-order valence-electron chi connectivity index (χ3n) is 6.94. The molecule has 1 amide bonds. The number of methoxy groups -OCH3 is 1. The number of rotatable bonds is 8. The van der Waals surface area contributed by atoms with Crippen LogP contribution in [0.2, 0.25) is 0 Å². The van der Waals surface area contributed by atoms with Crippen LogP contribution >= 0.6 is 0 Å². The van der Waals surface area contributed by atoms with E-state index in [0.717, 1.165) is 43.9 Å². The fraction of sp³-hybridized carbons (Fsp3) is 0.333. The van der Waals surface area contributed by atoms with Crippen LogP contribution in [-0.4, -0.2) is 61.3 Å². The summed E-state index contributed by atoms with van der Waals surface area (Å²) in [5.41, 5.74) is 5.42. The van der Waals surface area contributed by atoms with Crippen molar-refractivity contribution < 1.29 is 13.9 Å². The van der Waals surface area contributed by atoms with E-state index in [2.05, 4.69) is 39.3 Å². The van der Waals surface area contributed by atoms with Gasteiger partial charge in [0.05, 0.1) is 18.4 Å².